The summed E-state index contributed by atoms with van der Waals surface area (Å²) in [7, 11) is 0. The molecule has 0 radical (unpaired) electrons. The Bertz CT molecular complexity index is 1060. The van der Waals surface area contributed by atoms with E-state index in [2.05, 4.69) is 42.4 Å². The summed E-state index contributed by atoms with van der Waals surface area (Å²) in [6.07, 6.45) is 1.70. The summed E-state index contributed by atoms with van der Waals surface area (Å²) in [5.41, 5.74) is 4.44. The van der Waals surface area contributed by atoms with E-state index in [4.69, 9.17) is 9.47 Å². The van der Waals surface area contributed by atoms with Crippen LogP contribution in [0, 0.1) is 11.3 Å². The lowest BCUT2D eigenvalue weighted by atomic mass is 10.0. The third kappa shape index (κ3) is 3.71. The average molecular weight is 389 g/mol. The maximum Gasteiger partial charge on any atom is 0.231 e. The van der Waals surface area contributed by atoms with Crippen molar-refractivity contribution in [2.24, 2.45) is 0 Å². The van der Waals surface area contributed by atoms with E-state index in [0.29, 0.717) is 16.5 Å². The molecule has 0 spiro atoms. The molecule has 1 aliphatic rings. The molecule has 28 heavy (non-hydrogen) atoms. The second kappa shape index (κ2) is 7.75. The predicted molar refractivity (Wildman–Crippen MR) is 111 cm³/mol. The maximum atomic E-state index is 9.55. The van der Waals surface area contributed by atoms with E-state index >= 15 is 0 Å². The summed E-state index contributed by atoms with van der Waals surface area (Å²) < 4.78 is 10.8. The van der Waals surface area contributed by atoms with Crippen LogP contribution in [0.1, 0.15) is 30.3 Å². The smallest absolute Gasteiger partial charge is 0.231 e. The minimum atomic E-state index is 0.242. The van der Waals surface area contributed by atoms with Crippen molar-refractivity contribution < 1.29 is 9.47 Å². The SMILES string of the molecule is CC(C)c1ccc(N/C=C(\C#N)c2nc(-c3ccc4c(c3)OCO4)cs2)cc1. The summed E-state index contributed by atoms with van der Waals surface area (Å²) in [6, 6.07) is 16.2. The van der Waals surface area contributed by atoms with Crippen LogP contribution in [0.15, 0.2) is 54.0 Å². The molecule has 0 amide bonds. The van der Waals surface area contributed by atoms with Gasteiger partial charge >= 0.3 is 0 Å². The lowest BCUT2D eigenvalue weighted by Gasteiger charge is -2.06. The third-order valence-corrected chi connectivity index (χ3v) is 5.36. The van der Waals surface area contributed by atoms with Crippen LogP contribution in [0.25, 0.3) is 16.8 Å². The van der Waals surface area contributed by atoms with Gasteiger partial charge in [0.1, 0.15) is 16.6 Å². The van der Waals surface area contributed by atoms with Gasteiger partial charge in [0.2, 0.25) is 6.79 Å². The highest BCUT2D eigenvalue weighted by Crippen LogP contribution is 2.36. The van der Waals surface area contributed by atoms with Crippen molar-refractivity contribution in [3.8, 4) is 28.8 Å². The Labute approximate surface area is 167 Å². The molecule has 0 atom stereocenters. The summed E-state index contributed by atoms with van der Waals surface area (Å²) in [5, 5.41) is 15.3. The molecular weight excluding hydrogens is 370 g/mol. The molecule has 1 aromatic heterocycles. The summed E-state index contributed by atoms with van der Waals surface area (Å²) in [5.74, 6) is 1.95. The van der Waals surface area contributed by atoms with Gasteiger partial charge in [-0.3, -0.25) is 0 Å². The molecule has 0 fully saturated rings. The fraction of sp³-hybridized carbons (Fsp3) is 0.182. The van der Waals surface area contributed by atoms with E-state index < -0.39 is 0 Å². The fourth-order valence-corrected chi connectivity index (χ4v) is 3.64. The van der Waals surface area contributed by atoms with E-state index in [1.807, 2.05) is 35.7 Å². The second-order valence-electron chi connectivity index (χ2n) is 6.70. The zero-order chi connectivity index (χ0) is 19.5. The molecule has 3 aromatic rings. The van der Waals surface area contributed by atoms with Crippen molar-refractivity contribution in [1.82, 2.24) is 4.98 Å². The van der Waals surface area contributed by atoms with Gasteiger partial charge in [-0.25, -0.2) is 4.98 Å². The van der Waals surface area contributed by atoms with Gasteiger partial charge in [-0.2, -0.15) is 5.26 Å². The molecule has 6 heteroatoms. The zero-order valence-electron chi connectivity index (χ0n) is 15.6. The number of nitrogens with zero attached hydrogens (tertiary/aromatic N) is 2. The molecular formula is C22H19N3O2S. The first-order chi connectivity index (χ1) is 13.6. The molecule has 1 N–H and O–H groups in total. The van der Waals surface area contributed by atoms with Crippen molar-refractivity contribution >= 4 is 22.6 Å². The summed E-state index contributed by atoms with van der Waals surface area (Å²) in [6.45, 7) is 4.57. The molecule has 0 saturated carbocycles. The molecule has 0 bridgehead atoms. The number of ether oxygens (including phenoxy) is 2. The van der Waals surface area contributed by atoms with Crippen molar-refractivity contribution in [2.45, 2.75) is 19.8 Å². The van der Waals surface area contributed by atoms with Crippen LogP contribution in [0.3, 0.4) is 0 Å². The highest BCUT2D eigenvalue weighted by atomic mass is 32.1. The quantitative estimate of drug-likeness (QED) is 0.572. The highest BCUT2D eigenvalue weighted by Gasteiger charge is 2.16. The van der Waals surface area contributed by atoms with Gasteiger partial charge in [0, 0.05) is 22.8 Å². The van der Waals surface area contributed by atoms with Crippen LogP contribution in [0.5, 0.6) is 11.5 Å². The molecule has 4 rings (SSSR count). The van der Waals surface area contributed by atoms with Crippen LogP contribution in [-0.4, -0.2) is 11.8 Å². The Morgan fingerprint density at radius 3 is 2.71 bits per heavy atom. The Morgan fingerprint density at radius 2 is 1.96 bits per heavy atom. The third-order valence-electron chi connectivity index (χ3n) is 4.48. The van der Waals surface area contributed by atoms with Gasteiger partial charge in [-0.05, 0) is 41.8 Å². The molecule has 1 aliphatic heterocycles. The number of aromatic nitrogens is 1. The molecule has 0 saturated heterocycles. The molecule has 0 unspecified atom stereocenters. The van der Waals surface area contributed by atoms with E-state index in [1.165, 1.54) is 16.9 Å². The first-order valence-corrected chi connectivity index (χ1v) is 9.84. The highest BCUT2D eigenvalue weighted by molar-refractivity contribution is 7.11. The lowest BCUT2D eigenvalue weighted by molar-refractivity contribution is 0.174. The van der Waals surface area contributed by atoms with E-state index in [1.54, 1.807) is 6.20 Å². The van der Waals surface area contributed by atoms with E-state index in [9.17, 15) is 5.26 Å². The van der Waals surface area contributed by atoms with Crippen LogP contribution >= 0.6 is 11.3 Å². The Kier molecular flexibility index (Phi) is 5.00. The van der Waals surface area contributed by atoms with Crippen LogP contribution in [0.4, 0.5) is 5.69 Å². The van der Waals surface area contributed by atoms with Gasteiger partial charge < -0.3 is 14.8 Å². The molecule has 5 nitrogen and oxygen atoms in total. The first kappa shape index (κ1) is 18.1. The van der Waals surface area contributed by atoms with Gasteiger partial charge in [-0.1, -0.05) is 26.0 Å². The largest absolute Gasteiger partial charge is 0.454 e. The number of hydrogen-bond donors (Lipinski definition) is 1. The molecule has 2 aromatic carbocycles. The number of nitrogens with one attached hydrogen (secondary N) is 1. The van der Waals surface area contributed by atoms with Gasteiger partial charge in [0.15, 0.2) is 11.5 Å². The molecule has 2 heterocycles. The number of nitriles is 1. The van der Waals surface area contributed by atoms with E-state index in [-0.39, 0.29) is 6.79 Å². The predicted octanol–water partition coefficient (Wildman–Crippen LogP) is 5.64. The zero-order valence-corrected chi connectivity index (χ0v) is 16.4. The maximum absolute atomic E-state index is 9.55. The second-order valence-corrected chi connectivity index (χ2v) is 7.55. The van der Waals surface area contributed by atoms with Crippen molar-refractivity contribution in [3.05, 3.63) is 64.6 Å². The van der Waals surface area contributed by atoms with Crippen molar-refractivity contribution in [3.63, 3.8) is 0 Å². The number of fused-ring (bicyclic) bond motifs is 1. The van der Waals surface area contributed by atoms with E-state index in [0.717, 1.165) is 28.4 Å². The number of benzene rings is 2. The van der Waals surface area contributed by atoms with Crippen LogP contribution in [-0.2, 0) is 0 Å². The van der Waals surface area contributed by atoms with Gasteiger partial charge in [0.05, 0.1) is 5.69 Å². The minimum Gasteiger partial charge on any atom is -0.454 e. The standard InChI is InChI=1S/C22H19N3O2S/c1-14(2)15-3-6-18(7-4-15)24-11-17(10-23)22-25-19(12-28-22)16-5-8-20-21(9-16)27-13-26-20/h3-9,11-12,14,24H,13H2,1-2H3/b17-11+. The normalized spacial score (nSPS) is 12.9. The topological polar surface area (TPSA) is 67.2 Å². The van der Waals surface area contributed by atoms with Crippen LogP contribution in [0.2, 0.25) is 0 Å². The first-order valence-electron chi connectivity index (χ1n) is 8.97. The monoisotopic (exact) mass is 389 g/mol. The number of hydrogen-bond acceptors (Lipinski definition) is 6. The molecule has 140 valence electrons. The van der Waals surface area contributed by atoms with Crippen molar-refractivity contribution in [1.29, 1.82) is 5.26 Å². The Hall–Kier alpha value is -3.30. The minimum absolute atomic E-state index is 0.242. The van der Waals surface area contributed by atoms with Crippen LogP contribution < -0.4 is 14.8 Å². The molecule has 0 aliphatic carbocycles. The summed E-state index contributed by atoms with van der Waals surface area (Å²) in [4.78, 5) is 4.62. The Morgan fingerprint density at radius 1 is 1.18 bits per heavy atom. The lowest BCUT2D eigenvalue weighted by Crippen LogP contribution is -1.93. The van der Waals surface area contributed by atoms with Gasteiger partial charge in [0.25, 0.3) is 0 Å². The average Bonchev–Trinajstić information content (AvgIpc) is 3.38. The Balaban J connectivity index is 1.52. The number of allylic oxidation sites excluding steroid dienone is 1. The van der Waals surface area contributed by atoms with Gasteiger partial charge in [-0.15, -0.1) is 11.3 Å². The fourth-order valence-electron chi connectivity index (χ4n) is 2.85. The summed E-state index contributed by atoms with van der Waals surface area (Å²) >= 11 is 1.44. The number of anilines is 1. The number of rotatable bonds is 5. The van der Waals surface area contributed by atoms with Crippen molar-refractivity contribution in [2.75, 3.05) is 12.1 Å². The number of thiazole rings is 1.